The molecule has 0 saturated carbocycles. The van der Waals surface area contributed by atoms with Gasteiger partial charge >= 0.3 is 6.09 Å². The zero-order chi connectivity index (χ0) is 23.9. The maximum atomic E-state index is 12.9. The summed E-state index contributed by atoms with van der Waals surface area (Å²) in [5.74, 6) is 0. The van der Waals surface area contributed by atoms with Crippen LogP contribution in [0.3, 0.4) is 0 Å². The SMILES string of the molecule is Cc1ccsc1S(=O)(=O)Nc1cccc2cc(-c3ncc(CN4CCN(C(=O)O)CC4)s3)[nH]c12. The van der Waals surface area contributed by atoms with E-state index in [1.165, 1.54) is 16.2 Å². The van der Waals surface area contributed by atoms with E-state index in [0.29, 0.717) is 41.6 Å². The van der Waals surface area contributed by atoms with Gasteiger partial charge in [-0.2, -0.15) is 0 Å². The van der Waals surface area contributed by atoms with Crippen molar-refractivity contribution in [3.05, 3.63) is 52.3 Å². The highest BCUT2D eigenvalue weighted by Crippen LogP contribution is 2.33. The molecule has 0 spiro atoms. The molecule has 0 atom stereocenters. The molecule has 9 nitrogen and oxygen atoms in total. The zero-order valence-electron chi connectivity index (χ0n) is 18.3. The number of nitrogens with one attached hydrogen (secondary N) is 2. The van der Waals surface area contributed by atoms with Crippen LogP contribution < -0.4 is 4.72 Å². The number of aromatic amines is 1. The van der Waals surface area contributed by atoms with Crippen LogP contribution in [0.25, 0.3) is 21.6 Å². The maximum absolute atomic E-state index is 12.9. The third kappa shape index (κ3) is 4.53. The van der Waals surface area contributed by atoms with E-state index in [-0.39, 0.29) is 0 Å². The van der Waals surface area contributed by atoms with E-state index in [2.05, 4.69) is 19.6 Å². The van der Waals surface area contributed by atoms with Crippen molar-refractivity contribution in [3.8, 4) is 10.7 Å². The molecule has 34 heavy (non-hydrogen) atoms. The number of anilines is 1. The van der Waals surface area contributed by atoms with E-state index in [9.17, 15) is 13.2 Å². The van der Waals surface area contributed by atoms with Gasteiger partial charge < -0.3 is 15.0 Å². The van der Waals surface area contributed by atoms with E-state index < -0.39 is 16.1 Å². The number of thiophene rings is 1. The second kappa shape index (κ2) is 9.02. The molecule has 0 bridgehead atoms. The van der Waals surface area contributed by atoms with Crippen LogP contribution in [0.5, 0.6) is 0 Å². The van der Waals surface area contributed by atoms with Crippen LogP contribution in [0.4, 0.5) is 10.5 Å². The van der Waals surface area contributed by atoms with Crippen LogP contribution in [0.1, 0.15) is 10.4 Å². The van der Waals surface area contributed by atoms with Gasteiger partial charge in [0.2, 0.25) is 0 Å². The molecule has 178 valence electrons. The van der Waals surface area contributed by atoms with Crippen LogP contribution in [-0.4, -0.2) is 65.6 Å². The van der Waals surface area contributed by atoms with Gasteiger partial charge in [0.05, 0.1) is 16.9 Å². The average molecular weight is 518 g/mol. The van der Waals surface area contributed by atoms with E-state index >= 15 is 0 Å². The third-order valence-electron chi connectivity index (χ3n) is 5.77. The van der Waals surface area contributed by atoms with Gasteiger partial charge in [0, 0.05) is 49.2 Å². The Balaban J connectivity index is 1.34. The maximum Gasteiger partial charge on any atom is 0.407 e. The smallest absolute Gasteiger partial charge is 0.407 e. The lowest BCUT2D eigenvalue weighted by molar-refractivity contribution is 0.103. The summed E-state index contributed by atoms with van der Waals surface area (Å²) in [5, 5.41) is 12.6. The molecule has 0 unspecified atom stereocenters. The van der Waals surface area contributed by atoms with Gasteiger partial charge in [0.15, 0.2) is 0 Å². The predicted molar refractivity (Wildman–Crippen MR) is 134 cm³/mol. The summed E-state index contributed by atoms with van der Waals surface area (Å²) >= 11 is 2.77. The number of para-hydroxylation sites is 1. The van der Waals surface area contributed by atoms with Crippen molar-refractivity contribution < 1.29 is 18.3 Å². The lowest BCUT2D eigenvalue weighted by atomic mass is 10.2. The van der Waals surface area contributed by atoms with E-state index in [0.717, 1.165) is 33.1 Å². The first-order valence-corrected chi connectivity index (χ1v) is 13.8. The van der Waals surface area contributed by atoms with Crippen molar-refractivity contribution in [1.29, 1.82) is 0 Å². The molecule has 4 aromatic rings. The second-order valence-corrected chi connectivity index (χ2v) is 12.0. The van der Waals surface area contributed by atoms with Crippen LogP contribution in [0, 0.1) is 6.92 Å². The molecule has 1 fully saturated rings. The predicted octanol–water partition coefficient (Wildman–Crippen LogP) is 4.26. The molecular formula is C22H23N5O4S3. The molecule has 4 heterocycles. The molecule has 12 heteroatoms. The van der Waals surface area contributed by atoms with Gasteiger partial charge in [0.1, 0.15) is 9.22 Å². The molecule has 1 aliphatic rings. The highest BCUT2D eigenvalue weighted by atomic mass is 32.2. The number of fused-ring (bicyclic) bond motifs is 1. The topological polar surface area (TPSA) is 119 Å². The number of nitrogens with zero attached hydrogens (tertiary/aromatic N) is 3. The molecule has 3 N–H and O–H groups in total. The van der Waals surface area contributed by atoms with Crippen LogP contribution in [0.2, 0.25) is 0 Å². The number of thiazole rings is 1. The number of aryl methyl sites for hydroxylation is 1. The number of H-pyrrole nitrogens is 1. The minimum absolute atomic E-state index is 0.310. The van der Waals surface area contributed by atoms with Crippen molar-refractivity contribution in [3.63, 3.8) is 0 Å². The zero-order valence-corrected chi connectivity index (χ0v) is 20.8. The Morgan fingerprint density at radius 1 is 1.24 bits per heavy atom. The first-order valence-electron chi connectivity index (χ1n) is 10.6. The molecule has 1 saturated heterocycles. The highest BCUT2D eigenvalue weighted by Gasteiger charge is 2.22. The fourth-order valence-corrected chi connectivity index (χ4v) is 7.42. The number of carbonyl (C=O) groups is 1. The number of piperazine rings is 1. The van der Waals surface area contributed by atoms with Crippen molar-refractivity contribution in [2.75, 3.05) is 30.9 Å². The number of rotatable bonds is 6. The molecule has 0 aliphatic carbocycles. The molecule has 1 aliphatic heterocycles. The summed E-state index contributed by atoms with van der Waals surface area (Å²) in [4.78, 5) is 23.7. The summed E-state index contributed by atoms with van der Waals surface area (Å²) in [7, 11) is -3.68. The van der Waals surface area contributed by atoms with Gasteiger partial charge in [-0.05, 0) is 36.1 Å². The summed E-state index contributed by atoms with van der Waals surface area (Å²) in [5.41, 5.74) is 2.74. The van der Waals surface area contributed by atoms with Gasteiger partial charge in [-0.25, -0.2) is 18.2 Å². The van der Waals surface area contributed by atoms with Crippen LogP contribution >= 0.6 is 22.7 Å². The molecule has 0 radical (unpaired) electrons. The Hall–Kier alpha value is -2.93. The summed E-state index contributed by atoms with van der Waals surface area (Å²) in [6, 6.07) is 9.26. The minimum Gasteiger partial charge on any atom is -0.465 e. The number of sulfonamides is 1. The Bertz CT molecular complexity index is 1450. The van der Waals surface area contributed by atoms with E-state index in [1.54, 1.807) is 35.8 Å². The summed E-state index contributed by atoms with van der Waals surface area (Å²) < 4.78 is 28.8. The third-order valence-corrected chi connectivity index (χ3v) is 9.84. The van der Waals surface area contributed by atoms with Crippen molar-refractivity contribution in [2.24, 2.45) is 0 Å². The normalized spacial score (nSPS) is 15.1. The monoisotopic (exact) mass is 517 g/mol. The van der Waals surface area contributed by atoms with Crippen LogP contribution in [0.15, 0.2) is 46.1 Å². The molecular weight excluding hydrogens is 494 g/mol. The number of hydrogen-bond acceptors (Lipinski definition) is 7. The molecule has 3 aromatic heterocycles. The van der Waals surface area contributed by atoms with Gasteiger partial charge in [-0.3, -0.25) is 9.62 Å². The van der Waals surface area contributed by atoms with Crippen molar-refractivity contribution in [2.45, 2.75) is 17.7 Å². The van der Waals surface area contributed by atoms with E-state index in [4.69, 9.17) is 5.11 Å². The van der Waals surface area contributed by atoms with Gasteiger partial charge in [-0.1, -0.05) is 12.1 Å². The Labute approximate surface area is 204 Å². The lowest BCUT2D eigenvalue weighted by Gasteiger charge is -2.32. The van der Waals surface area contributed by atoms with Crippen molar-refractivity contribution in [1.82, 2.24) is 19.8 Å². The molecule has 5 rings (SSSR count). The fraction of sp³-hybridized carbons (Fsp3) is 0.273. The summed E-state index contributed by atoms with van der Waals surface area (Å²) in [6.45, 7) is 4.90. The first-order chi connectivity index (χ1) is 16.3. The van der Waals surface area contributed by atoms with Gasteiger partial charge in [0.25, 0.3) is 10.0 Å². The number of amides is 1. The Morgan fingerprint density at radius 2 is 2.03 bits per heavy atom. The quantitative estimate of drug-likeness (QED) is 0.352. The minimum atomic E-state index is -3.68. The summed E-state index contributed by atoms with van der Waals surface area (Å²) in [6.07, 6.45) is 0.976. The second-order valence-electron chi connectivity index (χ2n) is 8.13. The first kappa shape index (κ1) is 22.8. The number of benzene rings is 1. The van der Waals surface area contributed by atoms with E-state index in [1.807, 2.05) is 24.4 Å². The molecule has 1 aromatic carbocycles. The Kier molecular flexibility index (Phi) is 6.06. The number of hydrogen-bond donors (Lipinski definition) is 3. The number of aromatic nitrogens is 2. The Morgan fingerprint density at radius 3 is 2.74 bits per heavy atom. The standard InChI is InChI=1S/C22H23N5O4S3/c1-14-5-10-32-21(14)34(30,31)25-17-4-2-3-15-11-18(24-19(15)17)20-23-12-16(33-20)13-26-6-8-27(9-7-26)22(28)29/h2-5,10-12,24-25H,6-9,13H2,1H3,(H,28,29). The fourth-order valence-electron chi connectivity index (χ4n) is 4.00. The largest absolute Gasteiger partial charge is 0.465 e. The van der Waals surface area contributed by atoms with Gasteiger partial charge in [-0.15, -0.1) is 22.7 Å². The molecule has 1 amide bonds. The van der Waals surface area contributed by atoms with Crippen LogP contribution in [-0.2, 0) is 16.6 Å². The average Bonchev–Trinajstić information content (AvgIpc) is 3.53. The lowest BCUT2D eigenvalue weighted by Crippen LogP contribution is -2.47. The number of carboxylic acid groups (broad SMARTS) is 1. The van der Waals surface area contributed by atoms with Crippen molar-refractivity contribution >= 4 is 55.4 Å². The highest BCUT2D eigenvalue weighted by molar-refractivity contribution is 7.94.